The first-order valence-electron chi connectivity index (χ1n) is 10.8. The number of hydrogen-bond acceptors (Lipinski definition) is 2. The fraction of sp³-hybridized carbons (Fsp3) is 0.652. The van der Waals surface area contributed by atoms with Crippen molar-refractivity contribution in [1.29, 1.82) is 0 Å². The van der Waals surface area contributed by atoms with E-state index in [1.165, 1.54) is 16.5 Å². The van der Waals surface area contributed by atoms with Crippen molar-refractivity contribution in [2.24, 2.45) is 0 Å². The number of rotatable bonds is 5. The molecule has 3 rings (SSSR count). The maximum Gasteiger partial charge on any atom is 0.511 e. The van der Waals surface area contributed by atoms with Crippen LogP contribution in [0.4, 0.5) is 0 Å². The Hall–Kier alpha value is -1.04. The molecule has 5 heteroatoms. The van der Waals surface area contributed by atoms with Gasteiger partial charge in [0.05, 0.1) is 11.2 Å². The van der Waals surface area contributed by atoms with Gasteiger partial charge in [-0.25, -0.2) is 0 Å². The number of fused-ring (bicyclic) bond motifs is 1. The summed E-state index contributed by atoms with van der Waals surface area (Å²) < 4.78 is 15.8. The van der Waals surface area contributed by atoms with Crippen molar-refractivity contribution in [3.8, 4) is 0 Å². The molecule has 0 saturated carbocycles. The Kier molecular flexibility index (Phi) is 5.44. The van der Waals surface area contributed by atoms with Crippen LogP contribution in [0.2, 0.25) is 16.6 Å². The van der Waals surface area contributed by atoms with Gasteiger partial charge in [-0.3, -0.25) is 0 Å². The van der Waals surface area contributed by atoms with Crippen LogP contribution in [0.25, 0.3) is 10.9 Å². The van der Waals surface area contributed by atoms with Crippen molar-refractivity contribution in [3.05, 3.63) is 30.3 Å². The second kappa shape index (κ2) is 7.03. The lowest BCUT2D eigenvalue weighted by atomic mass is 9.85. The van der Waals surface area contributed by atoms with Gasteiger partial charge in [-0.05, 0) is 61.8 Å². The van der Waals surface area contributed by atoms with Crippen molar-refractivity contribution < 1.29 is 9.31 Å². The van der Waals surface area contributed by atoms with Gasteiger partial charge >= 0.3 is 7.12 Å². The average Bonchev–Trinajstić information content (AvgIpc) is 3.02. The van der Waals surface area contributed by atoms with Crippen LogP contribution in [0, 0.1) is 0 Å². The van der Waals surface area contributed by atoms with Crippen LogP contribution in [-0.2, 0) is 9.31 Å². The molecule has 2 heterocycles. The molecule has 0 amide bonds. The molecule has 0 unspecified atom stereocenters. The standard InChI is InChI=1S/C23H38BNO2Si/c1-16(2)28(17(3)4,18(5)6)25-20-14-12-11-13-19(20)15-21(25)24-26-22(7,8)23(9,10)27-24/h11-18H,1-10H3. The molecule has 0 radical (unpaired) electrons. The number of hydrogen-bond donors (Lipinski definition) is 0. The van der Waals surface area contributed by atoms with E-state index in [9.17, 15) is 0 Å². The van der Waals surface area contributed by atoms with Gasteiger partial charge in [0.15, 0.2) is 8.24 Å². The molecule has 1 aromatic heterocycles. The average molecular weight is 399 g/mol. The van der Waals surface area contributed by atoms with Crippen molar-refractivity contribution >= 4 is 31.9 Å². The highest BCUT2D eigenvalue weighted by molar-refractivity contribution is 6.84. The van der Waals surface area contributed by atoms with E-state index in [1.54, 1.807) is 0 Å². The van der Waals surface area contributed by atoms with E-state index in [2.05, 4.69) is 104 Å². The second-order valence-electron chi connectivity index (χ2n) is 10.4. The Balaban J connectivity index is 2.32. The Morgan fingerprint density at radius 3 is 1.75 bits per heavy atom. The zero-order chi connectivity index (χ0) is 21.1. The number of aromatic nitrogens is 1. The van der Waals surface area contributed by atoms with E-state index in [0.29, 0.717) is 16.6 Å². The van der Waals surface area contributed by atoms with Crippen LogP contribution in [-0.4, -0.2) is 30.8 Å². The third-order valence-corrected chi connectivity index (χ3v) is 14.2. The normalized spacial score (nSPS) is 19.5. The lowest BCUT2D eigenvalue weighted by Gasteiger charge is -2.46. The Morgan fingerprint density at radius 2 is 1.29 bits per heavy atom. The summed E-state index contributed by atoms with van der Waals surface area (Å²) in [5.74, 6) is 0. The monoisotopic (exact) mass is 399 g/mol. The van der Waals surface area contributed by atoms with Crippen LogP contribution < -0.4 is 5.59 Å². The highest BCUT2D eigenvalue weighted by Crippen LogP contribution is 2.45. The second-order valence-corrected chi connectivity index (χ2v) is 16.1. The smallest absolute Gasteiger partial charge is 0.398 e. The summed E-state index contributed by atoms with van der Waals surface area (Å²) in [5.41, 5.74) is 3.66. The molecule has 154 valence electrons. The maximum atomic E-state index is 6.53. The lowest BCUT2D eigenvalue weighted by Crippen LogP contribution is -2.58. The molecule has 0 bridgehead atoms. The fourth-order valence-electron chi connectivity index (χ4n) is 5.52. The Morgan fingerprint density at radius 1 is 0.821 bits per heavy atom. The first-order valence-corrected chi connectivity index (χ1v) is 13.0. The minimum absolute atomic E-state index is 0.333. The van der Waals surface area contributed by atoms with Crippen molar-refractivity contribution in [1.82, 2.24) is 4.23 Å². The van der Waals surface area contributed by atoms with Gasteiger partial charge in [0.25, 0.3) is 0 Å². The summed E-state index contributed by atoms with van der Waals surface area (Å²) >= 11 is 0. The van der Waals surface area contributed by atoms with Crippen LogP contribution in [0.5, 0.6) is 0 Å². The van der Waals surface area contributed by atoms with Crippen LogP contribution in [0.3, 0.4) is 0 Å². The third-order valence-electron chi connectivity index (χ3n) is 7.40. The van der Waals surface area contributed by atoms with Gasteiger partial charge < -0.3 is 13.5 Å². The molecule has 0 atom stereocenters. The van der Waals surface area contributed by atoms with Crippen LogP contribution >= 0.6 is 0 Å². The van der Waals surface area contributed by atoms with Crippen molar-refractivity contribution in [2.45, 2.75) is 97.1 Å². The SMILES string of the molecule is CC(C)[Si](C(C)C)(C(C)C)n1c(B2OC(C)(C)C(C)(C)O2)cc2ccccc21. The van der Waals surface area contributed by atoms with Crippen molar-refractivity contribution in [3.63, 3.8) is 0 Å². The predicted molar refractivity (Wildman–Crippen MR) is 124 cm³/mol. The van der Waals surface area contributed by atoms with E-state index >= 15 is 0 Å². The van der Waals surface area contributed by atoms with Crippen LogP contribution in [0.15, 0.2) is 30.3 Å². The molecule has 0 aliphatic carbocycles. The van der Waals surface area contributed by atoms with Gasteiger partial charge in [-0.15, -0.1) is 0 Å². The summed E-state index contributed by atoms with van der Waals surface area (Å²) in [7, 11) is -2.30. The van der Waals surface area contributed by atoms with Gasteiger partial charge in [0.1, 0.15) is 0 Å². The maximum absolute atomic E-state index is 6.53. The summed E-state index contributed by atoms with van der Waals surface area (Å²) in [6.07, 6.45) is 0. The molecule has 1 fully saturated rings. The van der Waals surface area contributed by atoms with Gasteiger partial charge in [-0.2, -0.15) is 0 Å². The molecule has 1 aliphatic rings. The highest BCUT2D eigenvalue weighted by atomic mass is 28.3. The van der Waals surface area contributed by atoms with Gasteiger partial charge in [0.2, 0.25) is 0 Å². The lowest BCUT2D eigenvalue weighted by molar-refractivity contribution is 0.00578. The largest absolute Gasteiger partial charge is 0.511 e. The zero-order valence-electron chi connectivity index (χ0n) is 19.5. The fourth-order valence-corrected chi connectivity index (χ4v) is 12.3. The minimum atomic E-state index is -1.96. The van der Waals surface area contributed by atoms with Gasteiger partial charge in [-0.1, -0.05) is 59.7 Å². The summed E-state index contributed by atoms with van der Waals surface area (Å²) in [6.45, 7) is 23.0. The highest BCUT2D eigenvalue weighted by Gasteiger charge is 2.55. The molecule has 2 aromatic rings. The summed E-state index contributed by atoms with van der Waals surface area (Å²) in [5, 5.41) is 1.28. The molecule has 1 aliphatic heterocycles. The predicted octanol–water partition coefficient (Wildman–Crippen LogP) is 5.96. The number of para-hydroxylation sites is 1. The molecular formula is C23H38BNO2Si. The topological polar surface area (TPSA) is 23.4 Å². The molecule has 0 N–H and O–H groups in total. The summed E-state index contributed by atoms with van der Waals surface area (Å²) in [6, 6.07) is 11.1. The van der Waals surface area contributed by atoms with Crippen LogP contribution in [0.1, 0.15) is 69.2 Å². The van der Waals surface area contributed by atoms with E-state index in [0.717, 1.165) is 0 Å². The van der Waals surface area contributed by atoms with E-state index in [1.807, 2.05) is 0 Å². The first kappa shape index (κ1) is 21.7. The van der Waals surface area contributed by atoms with E-state index in [-0.39, 0.29) is 18.3 Å². The molecule has 1 saturated heterocycles. The zero-order valence-corrected chi connectivity index (χ0v) is 20.5. The van der Waals surface area contributed by atoms with Crippen molar-refractivity contribution in [2.75, 3.05) is 0 Å². The van der Waals surface area contributed by atoms with E-state index in [4.69, 9.17) is 9.31 Å². The molecular weight excluding hydrogens is 361 g/mol. The number of nitrogens with zero attached hydrogens (tertiary/aromatic N) is 1. The molecule has 3 nitrogen and oxygen atoms in total. The Labute approximate surface area is 173 Å². The molecule has 28 heavy (non-hydrogen) atoms. The number of benzene rings is 1. The molecule has 0 spiro atoms. The summed E-state index contributed by atoms with van der Waals surface area (Å²) in [4.78, 5) is 0. The van der Waals surface area contributed by atoms with Gasteiger partial charge in [0, 0.05) is 11.1 Å². The van der Waals surface area contributed by atoms with E-state index < -0.39 is 8.24 Å². The quantitative estimate of drug-likeness (QED) is 0.579. The molecule has 1 aromatic carbocycles. The Bertz CT molecular complexity index is 816. The minimum Gasteiger partial charge on any atom is -0.398 e. The third kappa shape index (κ3) is 3.01. The first-order chi connectivity index (χ1) is 12.9.